The second-order valence-corrected chi connectivity index (χ2v) is 21.4. The van der Waals surface area contributed by atoms with Crippen LogP contribution in [-0.2, 0) is 27.5 Å². The van der Waals surface area contributed by atoms with E-state index < -0.39 is 11.7 Å². The fourth-order valence-electron chi connectivity index (χ4n) is 10.6. The molecule has 18 nitrogen and oxygen atoms in total. The lowest BCUT2D eigenvalue weighted by molar-refractivity contribution is -0.114. The van der Waals surface area contributed by atoms with Crippen LogP contribution in [0.5, 0.6) is 0 Å². The fourth-order valence-corrected chi connectivity index (χ4v) is 10.6. The third-order valence-electron chi connectivity index (χ3n) is 15.0. The number of rotatable bonds is 14. The molecule has 5 aromatic rings. The molecule has 12 rings (SSSR count). The molecule has 7 aliphatic rings. The van der Waals surface area contributed by atoms with Crippen LogP contribution in [0.15, 0.2) is 91.5 Å². The Morgan fingerprint density at radius 2 is 1.18 bits per heavy atom. The van der Waals surface area contributed by atoms with Gasteiger partial charge >= 0.3 is 12.2 Å². The summed E-state index contributed by atoms with van der Waals surface area (Å²) in [6.45, 7) is 20.8. The largest absolute Gasteiger partial charge is 0.445 e. The second-order valence-electron chi connectivity index (χ2n) is 21.4. The van der Waals surface area contributed by atoms with Crippen LogP contribution in [0.25, 0.3) is 5.65 Å². The second kappa shape index (κ2) is 27.0. The lowest BCUT2D eigenvalue weighted by atomic mass is 10.00. The Hall–Kier alpha value is -6.54. The number of carbonyl (C=O) groups excluding carboxylic acids is 4. The number of ether oxygens (including phenoxy) is 2. The summed E-state index contributed by atoms with van der Waals surface area (Å²) in [7, 11) is 0. The van der Waals surface area contributed by atoms with E-state index in [0.29, 0.717) is 42.9 Å². The van der Waals surface area contributed by atoms with Gasteiger partial charge in [-0.1, -0.05) is 60.7 Å². The standard InChI is InChI=1S/C21H24FN7O.C16H22N2O2.C12H13NO3.C8H16N2/c1-14-9-29-13-16(6-17(22)20(29)25-14)26-21(30)18-7-24-19(8-23-18)28-11-15(12-28)10-27-4-2-3-5-27;19-16(20-13-14-6-2-1-3-7-14)18-11-15(12-18)10-17-8-4-5-9-17;14-8-11-6-13(7-11)12(15)16-9-10-4-2-1-3-5-10;1-2-4-10(3-1)7-8-5-9-6-8/h6-9,13,15H,2-5,10-12H2,1H3,(H,26,30);1-3,6-7,15H,4-5,8-13H2;1-5,8,11H,6-7,9H2;8-9H,1-7H2. The van der Waals surface area contributed by atoms with Gasteiger partial charge in [0.15, 0.2) is 11.5 Å². The number of aromatic nitrogens is 4. The minimum atomic E-state index is -0.497. The first-order valence-corrected chi connectivity index (χ1v) is 27.4. The van der Waals surface area contributed by atoms with Gasteiger partial charge in [-0.2, -0.15) is 0 Å². The van der Waals surface area contributed by atoms with Crippen molar-refractivity contribution in [2.24, 2.45) is 23.7 Å². The van der Waals surface area contributed by atoms with E-state index in [0.717, 1.165) is 68.4 Å². The van der Waals surface area contributed by atoms with E-state index in [1.165, 1.54) is 115 Å². The highest BCUT2D eigenvalue weighted by Crippen LogP contribution is 2.25. The zero-order valence-corrected chi connectivity index (χ0v) is 44.0. The number of nitrogens with zero attached hydrogens (tertiary/aromatic N) is 10. The number of amides is 3. The van der Waals surface area contributed by atoms with Crippen LogP contribution < -0.4 is 15.5 Å². The average Bonchev–Trinajstić information content (AvgIpc) is 4.25. The van der Waals surface area contributed by atoms with E-state index in [1.807, 2.05) is 65.6 Å². The summed E-state index contributed by atoms with van der Waals surface area (Å²) in [5, 5.41) is 5.98. The van der Waals surface area contributed by atoms with Crippen molar-refractivity contribution in [3.05, 3.63) is 120 Å². The van der Waals surface area contributed by atoms with Gasteiger partial charge in [0.1, 0.15) is 31.0 Å². The Balaban J connectivity index is 0.000000133. The number of pyridine rings is 1. The molecule has 19 heteroatoms. The number of carbonyl (C=O) groups is 4. The molecule has 0 aliphatic carbocycles. The molecule has 406 valence electrons. The summed E-state index contributed by atoms with van der Waals surface area (Å²) in [5.41, 5.74) is 3.45. The normalized spacial score (nSPS) is 19.2. The zero-order chi connectivity index (χ0) is 52.6. The highest BCUT2D eigenvalue weighted by Gasteiger charge is 2.34. The Bertz CT molecular complexity index is 2620. The van der Waals surface area contributed by atoms with Crippen molar-refractivity contribution in [3.63, 3.8) is 0 Å². The number of benzene rings is 2. The van der Waals surface area contributed by atoms with Gasteiger partial charge in [0, 0.05) is 102 Å². The van der Waals surface area contributed by atoms with Gasteiger partial charge in [-0.25, -0.2) is 28.9 Å². The minimum absolute atomic E-state index is 0.00993. The lowest BCUT2D eigenvalue weighted by Crippen LogP contribution is -2.53. The Labute approximate surface area is 445 Å². The minimum Gasteiger partial charge on any atom is -0.445 e. The molecule has 7 saturated heterocycles. The first kappa shape index (κ1) is 54.3. The summed E-state index contributed by atoms with van der Waals surface area (Å²) in [6, 6.07) is 20.6. The Morgan fingerprint density at radius 3 is 1.67 bits per heavy atom. The van der Waals surface area contributed by atoms with E-state index in [2.05, 4.69) is 45.2 Å². The molecule has 76 heavy (non-hydrogen) atoms. The van der Waals surface area contributed by atoms with Gasteiger partial charge in [0.2, 0.25) is 0 Å². The Kier molecular flexibility index (Phi) is 19.3. The van der Waals surface area contributed by atoms with E-state index in [1.54, 1.807) is 29.9 Å². The van der Waals surface area contributed by atoms with Gasteiger partial charge in [-0.3, -0.25) is 4.79 Å². The molecule has 3 amide bonds. The average molecular weight is 1040 g/mol. The number of hydrogen-bond donors (Lipinski definition) is 2. The molecule has 0 atom stereocenters. The summed E-state index contributed by atoms with van der Waals surface area (Å²) >= 11 is 0. The summed E-state index contributed by atoms with van der Waals surface area (Å²) in [4.78, 5) is 72.1. The van der Waals surface area contributed by atoms with Crippen molar-refractivity contribution >= 4 is 41.5 Å². The maximum Gasteiger partial charge on any atom is 0.410 e. The maximum atomic E-state index is 14.2. The number of aldehydes is 1. The van der Waals surface area contributed by atoms with Crippen LogP contribution in [0, 0.1) is 36.4 Å². The predicted octanol–water partition coefficient (Wildman–Crippen LogP) is 6.46. The predicted molar refractivity (Wildman–Crippen MR) is 288 cm³/mol. The molecule has 10 heterocycles. The van der Waals surface area contributed by atoms with Crippen LogP contribution >= 0.6 is 0 Å². The monoisotopic (exact) mass is 1040 g/mol. The molecule has 7 aliphatic heterocycles. The lowest BCUT2D eigenvalue weighted by Gasteiger charge is -2.41. The number of halogens is 1. The maximum absolute atomic E-state index is 14.2. The van der Waals surface area contributed by atoms with Gasteiger partial charge < -0.3 is 58.7 Å². The van der Waals surface area contributed by atoms with Crippen molar-refractivity contribution in [2.45, 2.75) is 58.7 Å². The molecule has 7 fully saturated rings. The van der Waals surface area contributed by atoms with Gasteiger partial charge in [-0.15, -0.1) is 0 Å². The number of fused-ring (bicyclic) bond motifs is 1. The van der Waals surface area contributed by atoms with Crippen LogP contribution in [0.2, 0.25) is 0 Å². The fraction of sp³-hybridized carbons (Fsp3) is 0.526. The summed E-state index contributed by atoms with van der Waals surface area (Å²) in [6.07, 6.45) is 14.9. The number of nitrogens with one attached hydrogen (secondary N) is 2. The van der Waals surface area contributed by atoms with Crippen molar-refractivity contribution in [1.29, 1.82) is 0 Å². The van der Waals surface area contributed by atoms with Crippen LogP contribution in [-0.4, -0.2) is 179 Å². The molecule has 3 aromatic heterocycles. The molecule has 0 unspecified atom stereocenters. The third-order valence-corrected chi connectivity index (χ3v) is 15.0. The number of imidazole rings is 1. The molecule has 2 aromatic carbocycles. The zero-order valence-electron chi connectivity index (χ0n) is 44.0. The number of likely N-dealkylation sites (tertiary alicyclic amines) is 5. The van der Waals surface area contributed by atoms with E-state index >= 15 is 0 Å². The Morgan fingerprint density at radius 1 is 0.671 bits per heavy atom. The van der Waals surface area contributed by atoms with Crippen molar-refractivity contribution < 1.29 is 33.0 Å². The SMILES string of the molecule is C1CCN(CC2CNC2)C1.Cc1cn2cc(NC(=O)c3cnc(N4CC(CN5CCCC5)C4)cn3)cc(F)c2n1.O=C(OCc1ccccc1)N1CC(CN2CCCC2)C1.O=CC1CN(C(=O)OCc2ccccc2)C1. The van der Waals surface area contributed by atoms with E-state index in [-0.39, 0.29) is 36.1 Å². The molecule has 0 bridgehead atoms. The molecular weight excluding hydrogens is 968 g/mol. The molecule has 0 saturated carbocycles. The van der Waals surface area contributed by atoms with Crippen LogP contribution in [0.3, 0.4) is 0 Å². The highest BCUT2D eigenvalue weighted by molar-refractivity contribution is 6.02. The molecular formula is C57H75FN12O6. The number of anilines is 2. The van der Waals surface area contributed by atoms with Crippen molar-refractivity contribution in [3.8, 4) is 0 Å². The molecule has 0 radical (unpaired) electrons. The van der Waals surface area contributed by atoms with Gasteiger partial charge in [0.25, 0.3) is 5.91 Å². The van der Waals surface area contributed by atoms with Crippen LogP contribution in [0.4, 0.5) is 25.5 Å². The van der Waals surface area contributed by atoms with E-state index in [4.69, 9.17) is 9.47 Å². The molecule has 2 N–H and O–H groups in total. The van der Waals surface area contributed by atoms with Crippen LogP contribution in [0.1, 0.15) is 65.8 Å². The highest BCUT2D eigenvalue weighted by atomic mass is 19.1. The van der Waals surface area contributed by atoms with Gasteiger partial charge in [-0.05, 0) is 102 Å². The summed E-state index contributed by atoms with van der Waals surface area (Å²) in [5.74, 6) is 2.12. The van der Waals surface area contributed by atoms with Crippen molar-refractivity contribution in [2.75, 3.05) is 121 Å². The topological polar surface area (TPSA) is 173 Å². The van der Waals surface area contributed by atoms with Crippen molar-refractivity contribution in [1.82, 2.24) is 49.2 Å². The third kappa shape index (κ3) is 15.5. The van der Waals surface area contributed by atoms with E-state index in [9.17, 15) is 23.6 Å². The smallest absolute Gasteiger partial charge is 0.410 e. The number of hydrogen-bond acceptors (Lipinski definition) is 14. The molecule has 0 spiro atoms. The first-order chi connectivity index (χ1) is 37.1. The number of aryl methyl sites for hydroxylation is 1. The first-order valence-electron chi connectivity index (χ1n) is 27.4. The summed E-state index contributed by atoms with van der Waals surface area (Å²) < 4.78 is 26.2. The quantitative estimate of drug-likeness (QED) is 0.116. The van der Waals surface area contributed by atoms with Gasteiger partial charge in [0.05, 0.1) is 29.7 Å².